The summed E-state index contributed by atoms with van der Waals surface area (Å²) in [5.74, 6) is -0.0368. The summed E-state index contributed by atoms with van der Waals surface area (Å²) in [7, 11) is 0. The number of carbonyl (C=O) groups is 1. The van der Waals surface area contributed by atoms with Gasteiger partial charge in [0, 0.05) is 18.8 Å². The predicted molar refractivity (Wildman–Crippen MR) is 57.5 cm³/mol. The van der Waals surface area contributed by atoms with Crippen molar-refractivity contribution in [1.29, 1.82) is 0 Å². The van der Waals surface area contributed by atoms with Crippen LogP contribution >= 0.6 is 0 Å². The quantitative estimate of drug-likeness (QED) is 0.714. The lowest BCUT2D eigenvalue weighted by Crippen LogP contribution is -2.49. The first-order chi connectivity index (χ1) is 7.11. The van der Waals surface area contributed by atoms with Gasteiger partial charge >= 0.3 is 0 Å². The molecule has 0 spiro atoms. The monoisotopic (exact) mass is 215 g/mol. The number of aliphatic hydroxyl groups excluding tert-OH is 1. The van der Waals surface area contributed by atoms with E-state index in [0.29, 0.717) is 13.0 Å². The van der Waals surface area contributed by atoms with Gasteiger partial charge in [-0.15, -0.1) is 0 Å². The SMILES string of the molecule is CCC(C)(CCO)NC(=O)[C@H]1CCCO1. The molecule has 2 atom stereocenters. The van der Waals surface area contributed by atoms with Crippen molar-refractivity contribution >= 4 is 5.91 Å². The predicted octanol–water partition coefficient (Wildman–Crippen LogP) is 0.833. The lowest BCUT2D eigenvalue weighted by molar-refractivity contribution is -0.132. The molecule has 4 nitrogen and oxygen atoms in total. The first-order valence-corrected chi connectivity index (χ1v) is 5.66. The smallest absolute Gasteiger partial charge is 0.249 e. The van der Waals surface area contributed by atoms with Crippen molar-refractivity contribution in [3.63, 3.8) is 0 Å². The number of aliphatic hydroxyl groups is 1. The molecule has 1 amide bonds. The van der Waals surface area contributed by atoms with Crippen LogP contribution in [0.2, 0.25) is 0 Å². The molecule has 0 radical (unpaired) electrons. The Bertz CT molecular complexity index is 214. The van der Waals surface area contributed by atoms with Crippen molar-refractivity contribution in [3.05, 3.63) is 0 Å². The third-order valence-corrected chi connectivity index (χ3v) is 3.09. The highest BCUT2D eigenvalue weighted by molar-refractivity contribution is 5.81. The van der Waals surface area contributed by atoms with Crippen molar-refractivity contribution in [1.82, 2.24) is 5.32 Å². The van der Waals surface area contributed by atoms with E-state index in [0.717, 1.165) is 19.3 Å². The molecule has 1 aliphatic heterocycles. The number of hydrogen-bond donors (Lipinski definition) is 2. The Morgan fingerprint density at radius 1 is 1.67 bits per heavy atom. The van der Waals surface area contributed by atoms with E-state index in [1.807, 2.05) is 13.8 Å². The van der Waals surface area contributed by atoms with Crippen LogP contribution in [0.25, 0.3) is 0 Å². The van der Waals surface area contributed by atoms with Gasteiger partial charge in [0.05, 0.1) is 0 Å². The molecule has 2 N–H and O–H groups in total. The van der Waals surface area contributed by atoms with E-state index in [2.05, 4.69) is 5.32 Å². The van der Waals surface area contributed by atoms with Crippen LogP contribution in [0.15, 0.2) is 0 Å². The van der Waals surface area contributed by atoms with Crippen molar-refractivity contribution in [2.45, 2.75) is 51.2 Å². The highest BCUT2D eigenvalue weighted by Crippen LogP contribution is 2.17. The average Bonchev–Trinajstić information content (AvgIpc) is 2.71. The lowest BCUT2D eigenvalue weighted by atomic mass is 9.94. The standard InChI is InChI=1S/C11H21NO3/c1-3-11(2,6-7-13)12-10(14)9-5-4-8-15-9/h9,13H,3-8H2,1-2H3,(H,12,14)/t9-,11?/m1/s1. The van der Waals surface area contributed by atoms with Crippen LogP contribution in [0, 0.1) is 0 Å². The van der Waals surface area contributed by atoms with Gasteiger partial charge in [-0.2, -0.15) is 0 Å². The van der Waals surface area contributed by atoms with Gasteiger partial charge in [0.2, 0.25) is 5.91 Å². The normalized spacial score (nSPS) is 24.9. The van der Waals surface area contributed by atoms with Crippen LogP contribution in [-0.4, -0.2) is 35.9 Å². The van der Waals surface area contributed by atoms with Crippen LogP contribution in [0.3, 0.4) is 0 Å². The zero-order chi connectivity index (χ0) is 11.3. The Balaban J connectivity index is 2.46. The third kappa shape index (κ3) is 3.47. The first-order valence-electron chi connectivity index (χ1n) is 5.66. The van der Waals surface area contributed by atoms with Gasteiger partial charge in [0.15, 0.2) is 0 Å². The largest absolute Gasteiger partial charge is 0.396 e. The molecule has 0 aromatic rings. The third-order valence-electron chi connectivity index (χ3n) is 3.09. The Morgan fingerprint density at radius 3 is 2.87 bits per heavy atom. The summed E-state index contributed by atoms with van der Waals surface area (Å²) in [6, 6.07) is 0. The Hall–Kier alpha value is -0.610. The molecule has 0 saturated carbocycles. The van der Waals surface area contributed by atoms with Gasteiger partial charge in [-0.1, -0.05) is 6.92 Å². The van der Waals surface area contributed by atoms with Crippen molar-refractivity contribution in [3.8, 4) is 0 Å². The minimum absolute atomic E-state index is 0.0368. The summed E-state index contributed by atoms with van der Waals surface area (Å²) in [5, 5.41) is 11.9. The van der Waals surface area contributed by atoms with E-state index < -0.39 is 0 Å². The van der Waals surface area contributed by atoms with Gasteiger partial charge in [0.25, 0.3) is 0 Å². The maximum Gasteiger partial charge on any atom is 0.249 e. The molecule has 1 unspecified atom stereocenters. The Kier molecular flexibility index (Phi) is 4.54. The number of ether oxygens (including phenoxy) is 1. The maximum atomic E-state index is 11.8. The number of carbonyl (C=O) groups excluding carboxylic acids is 1. The van der Waals surface area contributed by atoms with Gasteiger partial charge in [-0.05, 0) is 32.6 Å². The topological polar surface area (TPSA) is 58.6 Å². The Morgan fingerprint density at radius 2 is 2.40 bits per heavy atom. The number of amides is 1. The van der Waals surface area contributed by atoms with E-state index in [-0.39, 0.29) is 24.2 Å². The molecule has 1 rings (SSSR count). The second-order valence-corrected chi connectivity index (χ2v) is 4.38. The average molecular weight is 215 g/mol. The number of hydrogen-bond acceptors (Lipinski definition) is 3. The Labute approximate surface area is 91.0 Å². The fourth-order valence-corrected chi connectivity index (χ4v) is 1.74. The van der Waals surface area contributed by atoms with Crippen LogP contribution in [0.5, 0.6) is 0 Å². The second kappa shape index (κ2) is 5.47. The molecule has 0 aromatic carbocycles. The molecule has 0 aromatic heterocycles. The second-order valence-electron chi connectivity index (χ2n) is 4.38. The van der Waals surface area contributed by atoms with E-state index in [1.54, 1.807) is 0 Å². The molecule has 0 bridgehead atoms. The summed E-state index contributed by atoms with van der Waals surface area (Å²) in [4.78, 5) is 11.8. The van der Waals surface area contributed by atoms with Crippen LogP contribution in [0.1, 0.15) is 39.5 Å². The fraction of sp³-hybridized carbons (Fsp3) is 0.909. The minimum atomic E-state index is -0.308. The number of rotatable bonds is 5. The van der Waals surface area contributed by atoms with E-state index in [9.17, 15) is 4.79 Å². The molecular formula is C11H21NO3. The molecule has 0 aliphatic carbocycles. The maximum absolute atomic E-state index is 11.8. The highest BCUT2D eigenvalue weighted by atomic mass is 16.5. The van der Waals surface area contributed by atoms with Crippen molar-refractivity contribution in [2.24, 2.45) is 0 Å². The van der Waals surface area contributed by atoms with Gasteiger partial charge < -0.3 is 15.2 Å². The summed E-state index contributed by atoms with van der Waals surface area (Å²) in [6.07, 6.45) is 2.88. The molecule has 4 heteroatoms. The summed E-state index contributed by atoms with van der Waals surface area (Å²) < 4.78 is 5.31. The van der Waals surface area contributed by atoms with E-state index in [4.69, 9.17) is 9.84 Å². The van der Waals surface area contributed by atoms with Crippen LogP contribution in [-0.2, 0) is 9.53 Å². The van der Waals surface area contributed by atoms with Crippen molar-refractivity contribution in [2.75, 3.05) is 13.2 Å². The highest BCUT2D eigenvalue weighted by Gasteiger charge is 2.30. The molecule has 15 heavy (non-hydrogen) atoms. The fourth-order valence-electron chi connectivity index (χ4n) is 1.74. The first kappa shape index (κ1) is 12.5. The zero-order valence-electron chi connectivity index (χ0n) is 9.58. The minimum Gasteiger partial charge on any atom is -0.396 e. The summed E-state index contributed by atoms with van der Waals surface area (Å²) in [6.45, 7) is 4.73. The molecular weight excluding hydrogens is 194 g/mol. The lowest BCUT2D eigenvalue weighted by Gasteiger charge is -2.30. The number of nitrogens with one attached hydrogen (secondary N) is 1. The van der Waals surface area contributed by atoms with Crippen molar-refractivity contribution < 1.29 is 14.6 Å². The van der Waals surface area contributed by atoms with E-state index >= 15 is 0 Å². The van der Waals surface area contributed by atoms with Crippen LogP contribution in [0.4, 0.5) is 0 Å². The summed E-state index contributed by atoms with van der Waals surface area (Å²) >= 11 is 0. The summed E-state index contributed by atoms with van der Waals surface area (Å²) in [5.41, 5.74) is -0.308. The van der Waals surface area contributed by atoms with E-state index in [1.165, 1.54) is 0 Å². The molecule has 1 heterocycles. The van der Waals surface area contributed by atoms with Gasteiger partial charge in [0.1, 0.15) is 6.10 Å². The molecule has 88 valence electrons. The molecule has 1 saturated heterocycles. The van der Waals surface area contributed by atoms with Gasteiger partial charge in [-0.3, -0.25) is 4.79 Å². The molecule has 1 aliphatic rings. The zero-order valence-corrected chi connectivity index (χ0v) is 9.58. The molecule has 1 fully saturated rings. The van der Waals surface area contributed by atoms with Gasteiger partial charge in [-0.25, -0.2) is 0 Å². The van der Waals surface area contributed by atoms with Crippen LogP contribution < -0.4 is 5.32 Å².